The Morgan fingerprint density at radius 3 is 1.80 bits per heavy atom. The Hall–Kier alpha value is -2.16. The predicted molar refractivity (Wildman–Crippen MR) is 57.9 cm³/mol. The van der Waals surface area contributed by atoms with E-state index in [0.717, 1.165) is 22.1 Å². The Kier molecular flexibility index (Phi) is 1.59. The van der Waals surface area contributed by atoms with Crippen molar-refractivity contribution in [2.75, 3.05) is 0 Å². The molecule has 0 unspecified atom stereocenters. The van der Waals surface area contributed by atoms with Gasteiger partial charge < -0.3 is 0 Å². The van der Waals surface area contributed by atoms with Crippen molar-refractivity contribution in [2.24, 2.45) is 0 Å². The maximum absolute atomic E-state index is 8.01. The highest BCUT2D eigenvalue weighted by Crippen LogP contribution is 2.12. The average Bonchev–Trinajstić information content (AvgIpc) is 2.30. The molecule has 0 saturated carbocycles. The van der Waals surface area contributed by atoms with Gasteiger partial charge in [-0.25, -0.2) is 4.98 Å². The van der Waals surface area contributed by atoms with E-state index in [1.54, 1.807) is 0 Å². The summed E-state index contributed by atoms with van der Waals surface area (Å²) in [6.07, 6.45) is 0. The minimum absolute atomic E-state index is 0.830. The quantitative estimate of drug-likeness (QED) is 0.397. The van der Waals surface area contributed by atoms with E-state index in [0.29, 0.717) is 0 Å². The largest absolute Gasteiger partial charge is 0.263 e. The number of fused-ring (bicyclic) bond motifs is 2. The Morgan fingerprint density at radius 1 is 0.800 bits per heavy atom. The SMILES string of the molecule is [NH][n+]1c2ccccc2nc2ccccc21. The van der Waals surface area contributed by atoms with Crippen LogP contribution in [0.2, 0.25) is 0 Å². The summed E-state index contributed by atoms with van der Waals surface area (Å²) in [7, 11) is 0. The first kappa shape index (κ1) is 8.17. The van der Waals surface area contributed by atoms with Gasteiger partial charge in [-0.2, -0.15) is 0 Å². The number of rotatable bonds is 0. The highest BCUT2D eigenvalue weighted by molar-refractivity contribution is 5.81. The van der Waals surface area contributed by atoms with Crippen LogP contribution < -0.4 is 10.5 Å². The van der Waals surface area contributed by atoms with E-state index < -0.39 is 0 Å². The van der Waals surface area contributed by atoms with Crippen LogP contribution in [0.15, 0.2) is 48.5 Å². The second-order valence-electron chi connectivity index (χ2n) is 3.42. The van der Waals surface area contributed by atoms with E-state index in [4.69, 9.17) is 5.84 Å². The standard InChI is InChI=1S/C12H9N3/c13-15-11-7-3-1-5-9(11)14-10-6-2-4-8-12(10)15/h1-8,13H/q+1. The fraction of sp³-hybridized carbons (Fsp3) is 0. The van der Waals surface area contributed by atoms with Gasteiger partial charge in [0.15, 0.2) is 0 Å². The number of nitrogens with zero attached hydrogens (tertiary/aromatic N) is 2. The monoisotopic (exact) mass is 195 g/mol. The molecule has 0 fully saturated rings. The van der Waals surface area contributed by atoms with Crippen LogP contribution in [0, 0.1) is 0 Å². The minimum Gasteiger partial charge on any atom is -0.235 e. The number of benzene rings is 2. The van der Waals surface area contributed by atoms with Gasteiger partial charge in [0, 0.05) is 12.1 Å². The number of hydrogen-bond donors (Lipinski definition) is 0. The summed E-state index contributed by atoms with van der Waals surface area (Å²) in [5.41, 5.74) is 3.37. The molecule has 3 nitrogen and oxygen atoms in total. The molecule has 3 heteroatoms. The third-order valence-corrected chi connectivity index (χ3v) is 2.49. The molecule has 3 aromatic rings. The Labute approximate surface area is 86.8 Å². The van der Waals surface area contributed by atoms with Crippen molar-refractivity contribution < 1.29 is 4.68 Å². The van der Waals surface area contributed by atoms with Crippen molar-refractivity contribution in [1.29, 1.82) is 0 Å². The van der Waals surface area contributed by atoms with Crippen LogP contribution in [-0.4, -0.2) is 4.98 Å². The normalized spacial score (nSPS) is 10.9. The van der Waals surface area contributed by atoms with Gasteiger partial charge in [0.25, 0.3) is 11.0 Å². The highest BCUT2D eigenvalue weighted by Gasteiger charge is 2.13. The fourth-order valence-electron chi connectivity index (χ4n) is 1.76. The zero-order chi connectivity index (χ0) is 10.3. The van der Waals surface area contributed by atoms with E-state index in [2.05, 4.69) is 4.98 Å². The van der Waals surface area contributed by atoms with Crippen molar-refractivity contribution in [3.63, 3.8) is 0 Å². The summed E-state index contributed by atoms with van der Waals surface area (Å²) in [4.78, 5) is 4.50. The summed E-state index contributed by atoms with van der Waals surface area (Å²) in [6, 6.07) is 15.4. The van der Waals surface area contributed by atoms with Crippen LogP contribution in [0.5, 0.6) is 0 Å². The Balaban J connectivity index is 2.60. The summed E-state index contributed by atoms with van der Waals surface area (Å²) >= 11 is 0. The average molecular weight is 195 g/mol. The summed E-state index contributed by atoms with van der Waals surface area (Å²) in [5.74, 6) is 8.01. The van der Waals surface area contributed by atoms with Gasteiger partial charge in [0.05, 0.1) is 0 Å². The molecule has 2 aromatic carbocycles. The van der Waals surface area contributed by atoms with Crippen molar-refractivity contribution in [2.45, 2.75) is 0 Å². The van der Waals surface area contributed by atoms with Crippen molar-refractivity contribution in [3.05, 3.63) is 48.5 Å². The van der Waals surface area contributed by atoms with Crippen LogP contribution in [0.3, 0.4) is 0 Å². The summed E-state index contributed by atoms with van der Waals surface area (Å²) in [6.45, 7) is 0. The van der Waals surface area contributed by atoms with E-state index in [-0.39, 0.29) is 0 Å². The molecule has 3 rings (SSSR count). The second-order valence-corrected chi connectivity index (χ2v) is 3.42. The molecule has 1 aromatic heterocycles. The maximum atomic E-state index is 8.01. The first-order valence-electron chi connectivity index (χ1n) is 4.77. The van der Waals surface area contributed by atoms with Crippen molar-refractivity contribution in [1.82, 2.24) is 10.8 Å². The molecule has 0 spiro atoms. The molecule has 15 heavy (non-hydrogen) atoms. The Bertz CT molecular complexity index is 592. The smallest absolute Gasteiger partial charge is 0.235 e. The van der Waals surface area contributed by atoms with Crippen LogP contribution in [0.25, 0.3) is 22.1 Å². The van der Waals surface area contributed by atoms with Crippen LogP contribution in [0.4, 0.5) is 0 Å². The lowest BCUT2D eigenvalue weighted by molar-refractivity contribution is -0.645. The lowest BCUT2D eigenvalue weighted by Gasteiger charge is -1.97. The molecule has 0 aliphatic heterocycles. The van der Waals surface area contributed by atoms with Crippen molar-refractivity contribution >= 4 is 22.1 Å². The molecule has 1 heterocycles. The molecule has 0 atom stereocenters. The lowest BCUT2D eigenvalue weighted by Crippen LogP contribution is -2.35. The van der Waals surface area contributed by atoms with Crippen molar-refractivity contribution in [3.8, 4) is 0 Å². The van der Waals surface area contributed by atoms with Gasteiger partial charge in [0.2, 0.25) is 0 Å². The fourth-order valence-corrected chi connectivity index (χ4v) is 1.76. The molecule has 1 N–H and O–H groups in total. The highest BCUT2D eigenvalue weighted by atomic mass is 15.3. The van der Waals surface area contributed by atoms with E-state index >= 15 is 0 Å². The van der Waals surface area contributed by atoms with Gasteiger partial charge in [-0.3, -0.25) is 0 Å². The van der Waals surface area contributed by atoms with Gasteiger partial charge in [-0.05, 0) is 22.7 Å². The number of hydrogen-bond acceptors (Lipinski definition) is 1. The second kappa shape index (κ2) is 2.92. The maximum Gasteiger partial charge on any atom is 0.263 e. The predicted octanol–water partition coefficient (Wildman–Crippen LogP) is 1.72. The molecule has 0 aliphatic carbocycles. The number of nitrogens with one attached hydrogen (secondary N) is 1. The third kappa shape index (κ3) is 1.13. The molecular formula is C12H9N3+. The topological polar surface area (TPSA) is 40.6 Å². The van der Waals surface area contributed by atoms with Gasteiger partial charge in [0.1, 0.15) is 11.0 Å². The first-order chi connectivity index (χ1) is 7.36. The first-order valence-corrected chi connectivity index (χ1v) is 4.77. The minimum atomic E-state index is 0.830. The summed E-state index contributed by atoms with van der Waals surface area (Å²) < 4.78 is 1.43. The number of aromatic nitrogens is 2. The number of para-hydroxylation sites is 4. The molecule has 0 amide bonds. The Morgan fingerprint density at radius 2 is 1.27 bits per heavy atom. The van der Waals surface area contributed by atoms with Gasteiger partial charge in [-0.1, -0.05) is 24.3 Å². The van der Waals surface area contributed by atoms with E-state index in [9.17, 15) is 0 Å². The van der Waals surface area contributed by atoms with Gasteiger partial charge in [-0.15, -0.1) is 0 Å². The van der Waals surface area contributed by atoms with Crippen LogP contribution >= 0.6 is 0 Å². The van der Waals surface area contributed by atoms with Crippen LogP contribution in [-0.2, 0) is 0 Å². The zero-order valence-electron chi connectivity index (χ0n) is 8.01. The zero-order valence-corrected chi connectivity index (χ0v) is 8.01. The molecular weight excluding hydrogens is 186 g/mol. The molecule has 1 radical (unpaired) electrons. The van der Waals surface area contributed by atoms with Gasteiger partial charge >= 0.3 is 0 Å². The van der Waals surface area contributed by atoms with Crippen LogP contribution in [0.1, 0.15) is 0 Å². The molecule has 71 valence electrons. The summed E-state index contributed by atoms with van der Waals surface area (Å²) in [5, 5.41) is 0. The molecule has 0 bridgehead atoms. The van der Waals surface area contributed by atoms with E-state index in [1.165, 1.54) is 4.68 Å². The third-order valence-electron chi connectivity index (χ3n) is 2.49. The molecule has 0 saturated heterocycles. The van der Waals surface area contributed by atoms with E-state index in [1.807, 2.05) is 48.5 Å². The lowest BCUT2D eigenvalue weighted by atomic mass is 10.2. The molecule has 0 aliphatic rings.